The van der Waals surface area contributed by atoms with Gasteiger partial charge in [0, 0.05) is 23.6 Å². The minimum atomic E-state index is -0.741. The van der Waals surface area contributed by atoms with Crippen molar-refractivity contribution in [2.24, 2.45) is 5.92 Å². The average Bonchev–Trinajstić information content (AvgIpc) is 2.43. The molecule has 1 aliphatic carbocycles. The number of aliphatic hydroxyl groups is 1. The Balaban J connectivity index is 2.21. The highest BCUT2D eigenvalue weighted by Gasteiger charge is 2.42. The summed E-state index contributed by atoms with van der Waals surface area (Å²) in [4.78, 5) is 0. The standard InChI is InChI=1S/C17H24ClFO2/c1-3-21-17(9-5-6-12(2)11-17)16(20)10-13-14(18)7-4-8-15(13)19/h4,7-8,12,16,20H,3,5-6,9-11H2,1-2H3. The Morgan fingerprint density at radius 3 is 2.90 bits per heavy atom. The number of halogens is 2. The van der Waals surface area contributed by atoms with Gasteiger partial charge in [0.1, 0.15) is 5.82 Å². The SMILES string of the molecule is CCOC1(C(O)Cc2c(F)cccc2Cl)CCCC(C)C1. The maximum atomic E-state index is 13.9. The highest BCUT2D eigenvalue weighted by atomic mass is 35.5. The van der Waals surface area contributed by atoms with Gasteiger partial charge in [0.15, 0.2) is 0 Å². The van der Waals surface area contributed by atoms with Crippen LogP contribution in [0.1, 0.15) is 45.1 Å². The lowest BCUT2D eigenvalue weighted by molar-refractivity contribution is -0.147. The van der Waals surface area contributed by atoms with Crippen molar-refractivity contribution in [3.05, 3.63) is 34.6 Å². The van der Waals surface area contributed by atoms with Gasteiger partial charge in [-0.05, 0) is 37.8 Å². The molecule has 0 aromatic heterocycles. The molecule has 1 N–H and O–H groups in total. The van der Waals surface area contributed by atoms with E-state index in [0.717, 1.165) is 25.7 Å². The van der Waals surface area contributed by atoms with Crippen molar-refractivity contribution in [1.29, 1.82) is 0 Å². The quantitative estimate of drug-likeness (QED) is 0.874. The van der Waals surface area contributed by atoms with E-state index in [1.54, 1.807) is 12.1 Å². The first kappa shape index (κ1) is 16.7. The summed E-state index contributed by atoms with van der Waals surface area (Å²) >= 11 is 6.07. The second kappa shape index (κ2) is 7.08. The molecule has 0 amide bonds. The van der Waals surface area contributed by atoms with Crippen LogP contribution in [0.4, 0.5) is 4.39 Å². The second-order valence-electron chi connectivity index (χ2n) is 6.12. The Morgan fingerprint density at radius 1 is 1.52 bits per heavy atom. The van der Waals surface area contributed by atoms with Gasteiger partial charge in [-0.25, -0.2) is 4.39 Å². The van der Waals surface area contributed by atoms with Crippen LogP contribution in [-0.4, -0.2) is 23.4 Å². The van der Waals surface area contributed by atoms with Crippen LogP contribution in [-0.2, 0) is 11.2 Å². The third kappa shape index (κ3) is 3.77. The van der Waals surface area contributed by atoms with Gasteiger partial charge in [0.05, 0.1) is 11.7 Å². The number of hydrogen-bond donors (Lipinski definition) is 1. The molecule has 3 atom stereocenters. The third-order valence-electron chi connectivity index (χ3n) is 4.49. The smallest absolute Gasteiger partial charge is 0.127 e. The highest BCUT2D eigenvalue weighted by molar-refractivity contribution is 6.31. The zero-order chi connectivity index (χ0) is 15.5. The van der Waals surface area contributed by atoms with E-state index in [-0.39, 0.29) is 12.2 Å². The van der Waals surface area contributed by atoms with Crippen LogP contribution in [0.2, 0.25) is 5.02 Å². The minimum absolute atomic E-state index is 0.193. The topological polar surface area (TPSA) is 29.5 Å². The monoisotopic (exact) mass is 314 g/mol. The zero-order valence-electron chi connectivity index (χ0n) is 12.7. The predicted octanol–water partition coefficient (Wildman–Crippen LogP) is 4.37. The van der Waals surface area contributed by atoms with Gasteiger partial charge in [0.25, 0.3) is 0 Å². The summed E-state index contributed by atoms with van der Waals surface area (Å²) in [6.07, 6.45) is 3.27. The van der Waals surface area contributed by atoms with E-state index in [1.807, 2.05) is 6.92 Å². The van der Waals surface area contributed by atoms with E-state index in [2.05, 4.69) is 6.92 Å². The number of aliphatic hydroxyl groups excluding tert-OH is 1. The molecule has 0 radical (unpaired) electrons. The fraction of sp³-hybridized carbons (Fsp3) is 0.647. The Bertz CT molecular complexity index is 456. The highest BCUT2D eigenvalue weighted by Crippen LogP contribution is 2.39. The van der Waals surface area contributed by atoms with Gasteiger partial charge >= 0.3 is 0 Å². The normalized spacial score (nSPS) is 27.6. The molecule has 1 aromatic rings. The van der Waals surface area contributed by atoms with Gasteiger partial charge in [-0.15, -0.1) is 0 Å². The number of rotatable bonds is 5. The van der Waals surface area contributed by atoms with Crippen LogP contribution in [0.5, 0.6) is 0 Å². The predicted molar refractivity (Wildman–Crippen MR) is 83.1 cm³/mol. The Kier molecular flexibility index (Phi) is 5.64. The number of hydrogen-bond acceptors (Lipinski definition) is 2. The first-order valence-electron chi connectivity index (χ1n) is 7.73. The van der Waals surface area contributed by atoms with Crippen LogP contribution in [0.25, 0.3) is 0 Å². The molecule has 1 fully saturated rings. The molecule has 118 valence electrons. The van der Waals surface area contributed by atoms with Crippen molar-refractivity contribution >= 4 is 11.6 Å². The van der Waals surface area contributed by atoms with Gasteiger partial charge in [-0.2, -0.15) is 0 Å². The van der Waals surface area contributed by atoms with E-state index in [0.29, 0.717) is 23.1 Å². The summed E-state index contributed by atoms with van der Waals surface area (Å²) in [6.45, 7) is 4.66. The van der Waals surface area contributed by atoms with E-state index < -0.39 is 11.7 Å². The number of benzene rings is 1. The van der Waals surface area contributed by atoms with Crippen LogP contribution >= 0.6 is 11.6 Å². The first-order chi connectivity index (χ1) is 9.98. The van der Waals surface area contributed by atoms with Crippen LogP contribution in [0.3, 0.4) is 0 Å². The molecule has 3 unspecified atom stereocenters. The minimum Gasteiger partial charge on any atom is -0.390 e. The maximum absolute atomic E-state index is 13.9. The second-order valence-corrected chi connectivity index (χ2v) is 6.53. The molecule has 0 aliphatic heterocycles. The van der Waals surface area contributed by atoms with Gasteiger partial charge < -0.3 is 9.84 Å². The average molecular weight is 315 g/mol. The molecule has 2 rings (SSSR count). The van der Waals surface area contributed by atoms with Crippen LogP contribution < -0.4 is 0 Å². The molecule has 1 saturated carbocycles. The van der Waals surface area contributed by atoms with E-state index in [1.165, 1.54) is 6.07 Å². The van der Waals surface area contributed by atoms with Crippen molar-refractivity contribution in [3.8, 4) is 0 Å². The van der Waals surface area contributed by atoms with Crippen molar-refractivity contribution in [2.75, 3.05) is 6.61 Å². The molecule has 1 aliphatic rings. The van der Waals surface area contributed by atoms with Crippen molar-refractivity contribution in [3.63, 3.8) is 0 Å². The molecule has 0 bridgehead atoms. The van der Waals surface area contributed by atoms with Crippen LogP contribution in [0.15, 0.2) is 18.2 Å². The molecule has 0 spiro atoms. The molecule has 21 heavy (non-hydrogen) atoms. The Hall–Kier alpha value is -0.640. The Morgan fingerprint density at radius 2 is 2.29 bits per heavy atom. The summed E-state index contributed by atoms with van der Waals surface area (Å²) in [5.41, 5.74) is -0.193. The lowest BCUT2D eigenvalue weighted by Crippen LogP contribution is -2.49. The largest absolute Gasteiger partial charge is 0.390 e. The van der Waals surface area contributed by atoms with Crippen molar-refractivity contribution < 1.29 is 14.2 Å². The summed E-state index contributed by atoms with van der Waals surface area (Å²) in [5.74, 6) is 0.146. The molecule has 0 heterocycles. The molecule has 4 heteroatoms. The Labute approximate surface area is 131 Å². The molecular weight excluding hydrogens is 291 g/mol. The fourth-order valence-corrected chi connectivity index (χ4v) is 3.71. The van der Waals surface area contributed by atoms with Gasteiger partial charge in [-0.1, -0.05) is 37.4 Å². The summed E-state index contributed by atoms with van der Waals surface area (Å²) < 4.78 is 19.9. The lowest BCUT2D eigenvalue weighted by atomic mass is 9.74. The fourth-order valence-electron chi connectivity index (χ4n) is 3.47. The zero-order valence-corrected chi connectivity index (χ0v) is 13.5. The van der Waals surface area contributed by atoms with Gasteiger partial charge in [-0.3, -0.25) is 0 Å². The third-order valence-corrected chi connectivity index (χ3v) is 4.84. The summed E-state index contributed by atoms with van der Waals surface area (Å²) in [5, 5.41) is 11.1. The van der Waals surface area contributed by atoms with E-state index in [9.17, 15) is 9.50 Å². The number of ether oxygens (including phenoxy) is 1. The van der Waals surface area contributed by atoms with E-state index >= 15 is 0 Å². The summed E-state index contributed by atoms with van der Waals surface area (Å²) in [6, 6.07) is 4.61. The first-order valence-corrected chi connectivity index (χ1v) is 8.11. The van der Waals surface area contributed by atoms with Crippen LogP contribution in [0, 0.1) is 11.7 Å². The lowest BCUT2D eigenvalue weighted by Gasteiger charge is -2.43. The maximum Gasteiger partial charge on any atom is 0.127 e. The van der Waals surface area contributed by atoms with Gasteiger partial charge in [0.2, 0.25) is 0 Å². The molecule has 1 aromatic carbocycles. The molecular formula is C17H24ClFO2. The molecule has 2 nitrogen and oxygen atoms in total. The van der Waals surface area contributed by atoms with Crippen molar-refractivity contribution in [1.82, 2.24) is 0 Å². The summed E-state index contributed by atoms with van der Waals surface area (Å²) in [7, 11) is 0. The van der Waals surface area contributed by atoms with Crippen molar-refractivity contribution in [2.45, 2.75) is 57.7 Å². The van der Waals surface area contributed by atoms with E-state index in [4.69, 9.17) is 16.3 Å². The molecule has 0 saturated heterocycles.